The largest absolute Gasteiger partial charge is 0.490 e. The van der Waals surface area contributed by atoms with Crippen molar-refractivity contribution in [3.63, 3.8) is 0 Å². The molecule has 0 unspecified atom stereocenters. The molecular formula is C19H14Cl2N2O2. The van der Waals surface area contributed by atoms with Crippen molar-refractivity contribution < 1.29 is 9.47 Å². The summed E-state index contributed by atoms with van der Waals surface area (Å²) in [5, 5.41) is 18.7. The summed E-state index contributed by atoms with van der Waals surface area (Å²) in [4.78, 5) is 0. The zero-order valence-corrected chi connectivity index (χ0v) is 14.9. The highest BCUT2D eigenvalue weighted by Crippen LogP contribution is 2.35. The molecule has 0 fully saturated rings. The zero-order valence-electron chi connectivity index (χ0n) is 13.4. The van der Waals surface area contributed by atoms with Crippen LogP contribution in [0, 0.1) is 22.7 Å². The third-order valence-electron chi connectivity index (χ3n) is 3.24. The SMILES string of the molecule is CCOc1cc(C=C(C#N)C#N)c(Cl)cc1OCc1ccccc1Cl. The standard InChI is InChI=1S/C19H14Cl2N2O2/c1-2-24-18-8-15(7-13(10-22)11-23)17(21)9-19(18)25-12-14-5-3-4-6-16(14)20/h3-9H,2,12H2,1H3. The zero-order chi connectivity index (χ0) is 18.2. The van der Waals surface area contributed by atoms with Crippen molar-refractivity contribution >= 4 is 29.3 Å². The van der Waals surface area contributed by atoms with Crippen LogP contribution in [0.4, 0.5) is 0 Å². The van der Waals surface area contributed by atoms with Crippen molar-refractivity contribution in [1.82, 2.24) is 0 Å². The number of nitrogens with zero attached hydrogens (tertiary/aromatic N) is 2. The minimum absolute atomic E-state index is 0.0471. The smallest absolute Gasteiger partial charge is 0.163 e. The molecule has 2 aromatic carbocycles. The summed E-state index contributed by atoms with van der Waals surface area (Å²) in [7, 11) is 0. The summed E-state index contributed by atoms with van der Waals surface area (Å²) in [6, 6.07) is 14.2. The van der Waals surface area contributed by atoms with E-state index in [4.69, 9.17) is 43.2 Å². The first-order valence-electron chi connectivity index (χ1n) is 7.43. The van der Waals surface area contributed by atoms with Crippen molar-refractivity contribution in [3.05, 3.63) is 63.1 Å². The number of hydrogen-bond acceptors (Lipinski definition) is 4. The van der Waals surface area contributed by atoms with Gasteiger partial charge in [-0.25, -0.2) is 0 Å². The summed E-state index contributed by atoms with van der Waals surface area (Å²) < 4.78 is 11.4. The number of halogens is 2. The van der Waals surface area contributed by atoms with Gasteiger partial charge in [-0.2, -0.15) is 10.5 Å². The van der Waals surface area contributed by atoms with Crippen LogP contribution < -0.4 is 9.47 Å². The molecule has 25 heavy (non-hydrogen) atoms. The molecule has 0 atom stereocenters. The highest BCUT2D eigenvalue weighted by molar-refractivity contribution is 6.32. The molecule has 0 spiro atoms. The van der Waals surface area contributed by atoms with Crippen LogP contribution in [-0.2, 0) is 6.61 Å². The number of ether oxygens (including phenoxy) is 2. The van der Waals surface area contributed by atoms with Crippen LogP contribution in [0.1, 0.15) is 18.1 Å². The van der Waals surface area contributed by atoms with E-state index in [2.05, 4.69) is 0 Å². The van der Waals surface area contributed by atoms with Crippen molar-refractivity contribution in [3.8, 4) is 23.6 Å². The third-order valence-corrected chi connectivity index (χ3v) is 3.94. The van der Waals surface area contributed by atoms with E-state index in [0.717, 1.165) is 5.56 Å². The van der Waals surface area contributed by atoms with Crippen LogP contribution in [-0.4, -0.2) is 6.61 Å². The second-order valence-electron chi connectivity index (χ2n) is 4.92. The van der Waals surface area contributed by atoms with Gasteiger partial charge in [-0.05, 0) is 30.7 Å². The predicted molar refractivity (Wildman–Crippen MR) is 97.6 cm³/mol. The molecule has 0 bridgehead atoms. The van der Waals surface area contributed by atoms with Gasteiger partial charge >= 0.3 is 0 Å². The molecule has 0 radical (unpaired) electrons. The summed E-state index contributed by atoms with van der Waals surface area (Å²) in [5.74, 6) is 0.930. The Kier molecular flexibility index (Phi) is 6.71. The molecule has 0 saturated carbocycles. The molecule has 4 nitrogen and oxygen atoms in total. The highest BCUT2D eigenvalue weighted by Gasteiger charge is 2.12. The normalized spacial score (nSPS) is 9.64. The fourth-order valence-electron chi connectivity index (χ4n) is 2.06. The molecule has 0 N–H and O–H groups in total. The van der Waals surface area contributed by atoms with E-state index >= 15 is 0 Å². The Morgan fingerprint density at radius 3 is 2.36 bits per heavy atom. The monoisotopic (exact) mass is 372 g/mol. The number of allylic oxidation sites excluding steroid dienone is 1. The maximum absolute atomic E-state index is 8.89. The molecule has 0 heterocycles. The lowest BCUT2D eigenvalue weighted by Crippen LogP contribution is -2.01. The topological polar surface area (TPSA) is 66.0 Å². The van der Waals surface area contributed by atoms with Crippen LogP contribution in [0.25, 0.3) is 6.08 Å². The minimum Gasteiger partial charge on any atom is -0.490 e. The molecule has 0 aromatic heterocycles. The Labute approximate surface area is 156 Å². The molecule has 2 aromatic rings. The van der Waals surface area contributed by atoms with Crippen molar-refractivity contribution in [2.45, 2.75) is 13.5 Å². The lowest BCUT2D eigenvalue weighted by Gasteiger charge is -2.14. The second kappa shape index (κ2) is 8.99. The molecule has 0 amide bonds. The van der Waals surface area contributed by atoms with Crippen molar-refractivity contribution in [1.29, 1.82) is 10.5 Å². The van der Waals surface area contributed by atoms with E-state index in [1.807, 2.05) is 25.1 Å². The lowest BCUT2D eigenvalue weighted by molar-refractivity contribution is 0.269. The predicted octanol–water partition coefficient (Wildman–Crippen LogP) is 5.40. The van der Waals surface area contributed by atoms with Gasteiger partial charge < -0.3 is 9.47 Å². The Morgan fingerprint density at radius 2 is 1.72 bits per heavy atom. The van der Waals surface area contributed by atoms with Crippen LogP contribution in [0.5, 0.6) is 11.5 Å². The molecule has 0 saturated heterocycles. The van der Waals surface area contributed by atoms with Gasteiger partial charge in [0.15, 0.2) is 11.5 Å². The van der Waals surface area contributed by atoms with Gasteiger partial charge in [0.1, 0.15) is 24.3 Å². The first-order chi connectivity index (χ1) is 12.1. The number of benzene rings is 2. The number of rotatable bonds is 6. The van der Waals surface area contributed by atoms with Gasteiger partial charge in [0.25, 0.3) is 0 Å². The third kappa shape index (κ3) is 4.90. The molecule has 0 aliphatic carbocycles. The van der Waals surface area contributed by atoms with Crippen LogP contribution in [0.3, 0.4) is 0 Å². The molecule has 6 heteroatoms. The first kappa shape index (κ1) is 18.7. The van der Waals surface area contributed by atoms with Crippen LogP contribution in [0.2, 0.25) is 10.0 Å². The number of nitriles is 2. The first-order valence-corrected chi connectivity index (χ1v) is 8.19. The van der Waals surface area contributed by atoms with E-state index in [1.54, 1.807) is 30.3 Å². The molecular weight excluding hydrogens is 359 g/mol. The van der Waals surface area contributed by atoms with Gasteiger partial charge in [0, 0.05) is 16.7 Å². The van der Waals surface area contributed by atoms with Gasteiger partial charge in [0.2, 0.25) is 0 Å². The summed E-state index contributed by atoms with van der Waals surface area (Å²) in [6.45, 7) is 2.53. The Morgan fingerprint density at radius 1 is 1.04 bits per heavy atom. The molecule has 126 valence electrons. The summed E-state index contributed by atoms with van der Waals surface area (Å²) >= 11 is 12.4. The maximum Gasteiger partial charge on any atom is 0.163 e. The second-order valence-corrected chi connectivity index (χ2v) is 5.73. The molecule has 2 rings (SSSR count). The van der Waals surface area contributed by atoms with Crippen LogP contribution in [0.15, 0.2) is 42.0 Å². The van der Waals surface area contributed by atoms with Gasteiger partial charge in [0.05, 0.1) is 11.6 Å². The fourth-order valence-corrected chi connectivity index (χ4v) is 2.46. The Hall–Kier alpha value is -2.66. The van der Waals surface area contributed by atoms with E-state index in [0.29, 0.717) is 33.7 Å². The van der Waals surface area contributed by atoms with E-state index in [9.17, 15) is 0 Å². The van der Waals surface area contributed by atoms with E-state index < -0.39 is 0 Å². The summed E-state index contributed by atoms with van der Waals surface area (Å²) in [6.07, 6.45) is 1.41. The van der Waals surface area contributed by atoms with Gasteiger partial charge in [-0.15, -0.1) is 0 Å². The van der Waals surface area contributed by atoms with Crippen molar-refractivity contribution in [2.24, 2.45) is 0 Å². The van der Waals surface area contributed by atoms with Crippen LogP contribution >= 0.6 is 23.2 Å². The van der Waals surface area contributed by atoms with Crippen molar-refractivity contribution in [2.75, 3.05) is 6.61 Å². The Balaban J connectivity index is 2.34. The van der Waals surface area contributed by atoms with E-state index in [1.165, 1.54) is 6.08 Å². The maximum atomic E-state index is 8.89. The van der Waals surface area contributed by atoms with Gasteiger partial charge in [-0.1, -0.05) is 41.4 Å². The Bertz CT molecular complexity index is 864. The lowest BCUT2D eigenvalue weighted by atomic mass is 10.1. The average Bonchev–Trinajstić information content (AvgIpc) is 2.61. The average molecular weight is 373 g/mol. The molecule has 0 aliphatic heterocycles. The molecule has 0 aliphatic rings. The fraction of sp³-hybridized carbons (Fsp3) is 0.158. The number of hydrogen-bond donors (Lipinski definition) is 0. The minimum atomic E-state index is -0.0471. The van der Waals surface area contributed by atoms with Gasteiger partial charge in [-0.3, -0.25) is 0 Å². The highest BCUT2D eigenvalue weighted by atomic mass is 35.5. The quantitative estimate of drug-likeness (QED) is 0.636. The van der Waals surface area contributed by atoms with E-state index in [-0.39, 0.29) is 12.2 Å². The summed E-state index contributed by atoms with van der Waals surface area (Å²) in [5.41, 5.74) is 1.30.